The van der Waals surface area contributed by atoms with Crippen molar-refractivity contribution in [2.45, 2.75) is 39.8 Å². The van der Waals surface area contributed by atoms with E-state index in [4.69, 9.17) is 4.74 Å². The van der Waals surface area contributed by atoms with Crippen LogP contribution in [0.2, 0.25) is 0 Å². The van der Waals surface area contributed by atoms with Gasteiger partial charge in [-0.25, -0.2) is 0 Å². The molecule has 1 heterocycles. The lowest BCUT2D eigenvalue weighted by Crippen LogP contribution is -2.37. The molecular formula is C17H28N2O. The van der Waals surface area contributed by atoms with Crippen molar-refractivity contribution in [1.29, 1.82) is 0 Å². The lowest BCUT2D eigenvalue weighted by molar-refractivity contribution is 0.209. The summed E-state index contributed by atoms with van der Waals surface area (Å²) in [6.45, 7) is 13.1. The maximum atomic E-state index is 5.49. The summed E-state index contributed by atoms with van der Waals surface area (Å²) in [5.41, 5.74) is 1.38. The maximum absolute atomic E-state index is 5.49. The molecule has 2 rings (SSSR count). The van der Waals surface area contributed by atoms with Gasteiger partial charge in [0.15, 0.2) is 0 Å². The van der Waals surface area contributed by atoms with Gasteiger partial charge in [-0.2, -0.15) is 0 Å². The van der Waals surface area contributed by atoms with E-state index in [0.717, 1.165) is 38.0 Å². The van der Waals surface area contributed by atoms with Gasteiger partial charge in [-0.1, -0.05) is 26.0 Å². The molecule has 1 aliphatic heterocycles. The Morgan fingerprint density at radius 1 is 1.15 bits per heavy atom. The fraction of sp³-hybridized carbons (Fsp3) is 0.647. The van der Waals surface area contributed by atoms with Crippen molar-refractivity contribution < 1.29 is 4.74 Å². The van der Waals surface area contributed by atoms with Crippen LogP contribution >= 0.6 is 0 Å². The van der Waals surface area contributed by atoms with Gasteiger partial charge in [-0.05, 0) is 44.1 Å². The molecule has 20 heavy (non-hydrogen) atoms. The number of ether oxygens (including phenoxy) is 1. The zero-order valence-corrected chi connectivity index (χ0v) is 13.1. The summed E-state index contributed by atoms with van der Waals surface area (Å²) >= 11 is 0. The van der Waals surface area contributed by atoms with Gasteiger partial charge in [0.05, 0.1) is 6.61 Å². The lowest BCUT2D eigenvalue weighted by Gasteiger charge is -2.26. The number of rotatable bonds is 7. The average molecular weight is 276 g/mol. The van der Waals surface area contributed by atoms with Crippen LogP contribution in [0, 0.1) is 0 Å². The van der Waals surface area contributed by atoms with Crippen molar-refractivity contribution in [3.63, 3.8) is 0 Å². The van der Waals surface area contributed by atoms with Gasteiger partial charge in [0, 0.05) is 25.7 Å². The molecule has 0 radical (unpaired) electrons. The molecule has 3 heteroatoms. The molecule has 0 amide bonds. The second kappa shape index (κ2) is 7.65. The van der Waals surface area contributed by atoms with Gasteiger partial charge >= 0.3 is 0 Å². The van der Waals surface area contributed by atoms with E-state index < -0.39 is 0 Å². The fourth-order valence-electron chi connectivity index (χ4n) is 3.11. The molecule has 112 valence electrons. The van der Waals surface area contributed by atoms with Crippen molar-refractivity contribution in [3.05, 3.63) is 29.8 Å². The summed E-state index contributed by atoms with van der Waals surface area (Å²) in [5.74, 6) is 0.971. The first-order chi connectivity index (χ1) is 9.76. The quantitative estimate of drug-likeness (QED) is 0.761. The number of likely N-dealkylation sites (N-methyl/N-ethyl adjacent to an activating group) is 1. The smallest absolute Gasteiger partial charge is 0.119 e. The lowest BCUT2D eigenvalue weighted by atomic mass is 10.2. The SMILES string of the molecule is CCOc1ccc(CN2CCC(N(CC)CC)C2)cc1. The van der Waals surface area contributed by atoms with Crippen molar-refractivity contribution >= 4 is 0 Å². The average Bonchev–Trinajstić information content (AvgIpc) is 2.91. The van der Waals surface area contributed by atoms with Crippen LogP contribution in [0.4, 0.5) is 0 Å². The van der Waals surface area contributed by atoms with E-state index in [-0.39, 0.29) is 0 Å². The zero-order chi connectivity index (χ0) is 14.4. The Balaban J connectivity index is 1.85. The Hall–Kier alpha value is -1.06. The molecule has 0 aromatic heterocycles. The van der Waals surface area contributed by atoms with Crippen LogP contribution in [0.15, 0.2) is 24.3 Å². The summed E-state index contributed by atoms with van der Waals surface area (Å²) in [4.78, 5) is 5.15. The third-order valence-corrected chi connectivity index (χ3v) is 4.22. The van der Waals surface area contributed by atoms with Crippen molar-refractivity contribution in [1.82, 2.24) is 9.80 Å². The van der Waals surface area contributed by atoms with E-state index in [1.54, 1.807) is 0 Å². The van der Waals surface area contributed by atoms with Crippen molar-refractivity contribution in [2.24, 2.45) is 0 Å². The van der Waals surface area contributed by atoms with Gasteiger partial charge in [-0.15, -0.1) is 0 Å². The summed E-state index contributed by atoms with van der Waals surface area (Å²) in [6, 6.07) is 9.28. The summed E-state index contributed by atoms with van der Waals surface area (Å²) in [6.07, 6.45) is 1.30. The molecule has 3 nitrogen and oxygen atoms in total. The molecule has 1 unspecified atom stereocenters. The Morgan fingerprint density at radius 2 is 1.85 bits per heavy atom. The molecular weight excluding hydrogens is 248 g/mol. The molecule has 1 atom stereocenters. The Kier molecular flexibility index (Phi) is 5.86. The van der Waals surface area contributed by atoms with E-state index in [1.807, 2.05) is 6.92 Å². The van der Waals surface area contributed by atoms with Crippen LogP contribution in [0.1, 0.15) is 32.8 Å². The third kappa shape index (κ3) is 3.97. The van der Waals surface area contributed by atoms with Crippen LogP contribution < -0.4 is 4.74 Å². The van der Waals surface area contributed by atoms with Crippen molar-refractivity contribution in [2.75, 3.05) is 32.8 Å². The van der Waals surface area contributed by atoms with E-state index in [2.05, 4.69) is 47.9 Å². The van der Waals surface area contributed by atoms with E-state index >= 15 is 0 Å². The highest BCUT2D eigenvalue weighted by Crippen LogP contribution is 2.19. The van der Waals surface area contributed by atoms with Gasteiger partial charge in [0.25, 0.3) is 0 Å². The standard InChI is InChI=1S/C17H28N2O/c1-4-19(5-2)16-11-12-18(14-16)13-15-7-9-17(10-8-15)20-6-3/h7-10,16H,4-6,11-14H2,1-3H3. The van der Waals surface area contributed by atoms with Gasteiger partial charge in [0.1, 0.15) is 5.75 Å². The molecule has 1 fully saturated rings. The first kappa shape index (κ1) is 15.3. The predicted octanol–water partition coefficient (Wildman–Crippen LogP) is 3.00. The Labute approximate surface area is 123 Å². The molecule has 0 N–H and O–H groups in total. The van der Waals surface area contributed by atoms with E-state index in [0.29, 0.717) is 0 Å². The highest BCUT2D eigenvalue weighted by molar-refractivity contribution is 5.27. The number of likely N-dealkylation sites (tertiary alicyclic amines) is 1. The molecule has 1 aliphatic rings. The molecule has 1 aromatic carbocycles. The van der Waals surface area contributed by atoms with Crippen LogP contribution in [-0.2, 0) is 6.54 Å². The molecule has 1 saturated heterocycles. The number of hydrogen-bond acceptors (Lipinski definition) is 3. The molecule has 0 bridgehead atoms. The van der Waals surface area contributed by atoms with Crippen LogP contribution in [0.5, 0.6) is 5.75 Å². The normalized spacial score (nSPS) is 19.7. The van der Waals surface area contributed by atoms with Crippen LogP contribution in [0.25, 0.3) is 0 Å². The third-order valence-electron chi connectivity index (χ3n) is 4.22. The largest absolute Gasteiger partial charge is 0.494 e. The first-order valence-corrected chi connectivity index (χ1v) is 7.94. The minimum atomic E-state index is 0.733. The molecule has 0 saturated carbocycles. The summed E-state index contributed by atoms with van der Waals surface area (Å²) < 4.78 is 5.49. The van der Waals surface area contributed by atoms with Crippen LogP contribution in [-0.4, -0.2) is 48.6 Å². The van der Waals surface area contributed by atoms with Crippen molar-refractivity contribution in [3.8, 4) is 5.75 Å². The van der Waals surface area contributed by atoms with E-state index in [1.165, 1.54) is 25.1 Å². The monoisotopic (exact) mass is 276 g/mol. The molecule has 0 spiro atoms. The highest BCUT2D eigenvalue weighted by Gasteiger charge is 2.25. The topological polar surface area (TPSA) is 15.7 Å². The highest BCUT2D eigenvalue weighted by atomic mass is 16.5. The minimum Gasteiger partial charge on any atom is -0.494 e. The first-order valence-electron chi connectivity index (χ1n) is 7.94. The van der Waals surface area contributed by atoms with E-state index in [9.17, 15) is 0 Å². The maximum Gasteiger partial charge on any atom is 0.119 e. The second-order valence-corrected chi connectivity index (χ2v) is 5.48. The zero-order valence-electron chi connectivity index (χ0n) is 13.1. The summed E-state index contributed by atoms with van der Waals surface area (Å²) in [7, 11) is 0. The number of nitrogens with zero attached hydrogens (tertiary/aromatic N) is 2. The fourth-order valence-corrected chi connectivity index (χ4v) is 3.11. The second-order valence-electron chi connectivity index (χ2n) is 5.48. The van der Waals surface area contributed by atoms with Gasteiger partial charge in [-0.3, -0.25) is 9.80 Å². The Morgan fingerprint density at radius 3 is 2.45 bits per heavy atom. The molecule has 1 aromatic rings. The predicted molar refractivity (Wildman–Crippen MR) is 84.2 cm³/mol. The minimum absolute atomic E-state index is 0.733. The molecule has 0 aliphatic carbocycles. The van der Waals surface area contributed by atoms with Gasteiger partial charge < -0.3 is 4.74 Å². The summed E-state index contributed by atoms with van der Waals surface area (Å²) in [5, 5.41) is 0. The Bertz CT molecular complexity index is 386. The van der Waals surface area contributed by atoms with Crippen LogP contribution in [0.3, 0.4) is 0 Å². The number of benzene rings is 1. The van der Waals surface area contributed by atoms with Gasteiger partial charge in [0.2, 0.25) is 0 Å². The number of hydrogen-bond donors (Lipinski definition) is 0.